The minimum absolute atomic E-state index is 0. The topological polar surface area (TPSA) is 59.9 Å². The van der Waals surface area contributed by atoms with Crippen LogP contribution in [0.5, 0.6) is 0 Å². The number of hydrogen-bond donors (Lipinski definition) is 3. The third-order valence-electron chi connectivity index (χ3n) is 4.67. The molecule has 1 fully saturated rings. The quantitative estimate of drug-likeness (QED) is 0.299. The summed E-state index contributed by atoms with van der Waals surface area (Å²) in [4.78, 5) is 7.15. The number of aliphatic hydroxyl groups is 1. The lowest BCUT2D eigenvalue weighted by molar-refractivity contribution is 0.182. The van der Waals surface area contributed by atoms with Gasteiger partial charge in [-0.1, -0.05) is 44.2 Å². The van der Waals surface area contributed by atoms with Gasteiger partial charge in [0.2, 0.25) is 0 Å². The molecule has 154 valence electrons. The molecule has 1 aliphatic rings. The van der Waals surface area contributed by atoms with Crippen LogP contribution < -0.4 is 10.6 Å². The van der Waals surface area contributed by atoms with Crippen LogP contribution in [0, 0.1) is 5.92 Å². The molecule has 27 heavy (non-hydrogen) atoms. The van der Waals surface area contributed by atoms with Gasteiger partial charge in [0, 0.05) is 38.6 Å². The predicted octanol–water partition coefficient (Wildman–Crippen LogP) is 2.88. The van der Waals surface area contributed by atoms with Gasteiger partial charge < -0.3 is 20.6 Å². The standard InChI is InChI=1S/C21H36N4O.HI/c1-4-22-21(23-15-20(26)14-18-8-6-5-7-9-18)24-19-10-12-25(13-11-19)16-17(2)3;/h5-9,17,19-20,26H,4,10-16H2,1-3H3,(H2,22,23,24);1H. The predicted molar refractivity (Wildman–Crippen MR) is 125 cm³/mol. The Morgan fingerprint density at radius 1 is 1.22 bits per heavy atom. The van der Waals surface area contributed by atoms with Crippen LogP contribution in [-0.2, 0) is 6.42 Å². The van der Waals surface area contributed by atoms with Gasteiger partial charge >= 0.3 is 0 Å². The Balaban J connectivity index is 0.00000364. The Bertz CT molecular complexity index is 530. The molecule has 1 saturated heterocycles. The maximum absolute atomic E-state index is 10.3. The van der Waals surface area contributed by atoms with Crippen molar-refractivity contribution in [3.05, 3.63) is 35.9 Å². The second-order valence-electron chi connectivity index (χ2n) is 7.68. The molecule has 1 aliphatic heterocycles. The zero-order valence-electron chi connectivity index (χ0n) is 17.0. The molecule has 2 rings (SSSR count). The van der Waals surface area contributed by atoms with Crippen LogP contribution in [0.25, 0.3) is 0 Å². The minimum atomic E-state index is -0.458. The molecule has 0 spiro atoms. The summed E-state index contributed by atoms with van der Waals surface area (Å²) >= 11 is 0. The van der Waals surface area contributed by atoms with Crippen molar-refractivity contribution in [2.45, 2.75) is 52.2 Å². The van der Waals surface area contributed by atoms with E-state index in [1.807, 2.05) is 30.3 Å². The molecule has 1 aromatic carbocycles. The number of guanidine groups is 1. The minimum Gasteiger partial charge on any atom is -0.391 e. The number of nitrogens with one attached hydrogen (secondary N) is 2. The summed E-state index contributed by atoms with van der Waals surface area (Å²) in [5.74, 6) is 1.55. The molecule has 0 amide bonds. The van der Waals surface area contributed by atoms with Gasteiger partial charge in [-0.15, -0.1) is 24.0 Å². The average molecular weight is 488 g/mol. The molecule has 5 nitrogen and oxygen atoms in total. The lowest BCUT2D eigenvalue weighted by Crippen LogP contribution is -2.49. The Labute approximate surface area is 182 Å². The molecule has 1 unspecified atom stereocenters. The van der Waals surface area contributed by atoms with Crippen molar-refractivity contribution in [1.29, 1.82) is 0 Å². The number of rotatable bonds is 8. The average Bonchev–Trinajstić information content (AvgIpc) is 2.62. The van der Waals surface area contributed by atoms with Crippen LogP contribution in [0.3, 0.4) is 0 Å². The van der Waals surface area contributed by atoms with Gasteiger partial charge in [0.1, 0.15) is 0 Å². The monoisotopic (exact) mass is 488 g/mol. The Hall–Kier alpha value is -0.860. The van der Waals surface area contributed by atoms with Gasteiger partial charge in [-0.25, -0.2) is 0 Å². The third kappa shape index (κ3) is 9.76. The van der Waals surface area contributed by atoms with Crippen LogP contribution in [-0.4, -0.2) is 60.8 Å². The van der Waals surface area contributed by atoms with Gasteiger partial charge in [-0.3, -0.25) is 4.99 Å². The molecule has 0 bridgehead atoms. The van der Waals surface area contributed by atoms with E-state index in [2.05, 4.69) is 41.3 Å². The van der Waals surface area contributed by atoms with Gasteiger partial charge in [0.25, 0.3) is 0 Å². The van der Waals surface area contributed by atoms with Gasteiger partial charge in [0.15, 0.2) is 5.96 Å². The van der Waals surface area contributed by atoms with E-state index in [-0.39, 0.29) is 24.0 Å². The fourth-order valence-electron chi connectivity index (χ4n) is 3.44. The highest BCUT2D eigenvalue weighted by atomic mass is 127. The molecule has 0 aromatic heterocycles. The van der Waals surface area contributed by atoms with Crippen molar-refractivity contribution < 1.29 is 5.11 Å². The summed E-state index contributed by atoms with van der Waals surface area (Å²) < 4.78 is 0. The molecule has 0 aliphatic carbocycles. The van der Waals surface area contributed by atoms with Crippen LogP contribution in [0.4, 0.5) is 0 Å². The number of benzene rings is 1. The zero-order valence-corrected chi connectivity index (χ0v) is 19.4. The van der Waals surface area contributed by atoms with E-state index in [0.717, 1.165) is 49.9 Å². The fourth-order valence-corrected chi connectivity index (χ4v) is 3.44. The third-order valence-corrected chi connectivity index (χ3v) is 4.67. The van der Waals surface area contributed by atoms with E-state index >= 15 is 0 Å². The van der Waals surface area contributed by atoms with Crippen molar-refractivity contribution in [3.8, 4) is 0 Å². The second kappa shape index (κ2) is 13.3. The summed E-state index contributed by atoms with van der Waals surface area (Å²) in [5.41, 5.74) is 1.14. The van der Waals surface area contributed by atoms with Crippen LogP contribution in [0.2, 0.25) is 0 Å². The molecule has 0 saturated carbocycles. The molecule has 1 heterocycles. The lowest BCUT2D eigenvalue weighted by Gasteiger charge is -2.34. The Morgan fingerprint density at radius 2 is 1.89 bits per heavy atom. The maximum atomic E-state index is 10.3. The van der Waals surface area contributed by atoms with Crippen LogP contribution >= 0.6 is 24.0 Å². The summed E-state index contributed by atoms with van der Waals surface area (Å²) in [6.45, 7) is 11.3. The first-order valence-corrected chi connectivity index (χ1v) is 10.1. The zero-order chi connectivity index (χ0) is 18.8. The summed E-state index contributed by atoms with van der Waals surface area (Å²) in [7, 11) is 0. The maximum Gasteiger partial charge on any atom is 0.191 e. The Kier molecular flexibility index (Phi) is 11.9. The van der Waals surface area contributed by atoms with E-state index in [0.29, 0.717) is 19.0 Å². The molecule has 3 N–H and O–H groups in total. The summed E-state index contributed by atoms with van der Waals surface area (Å²) in [5, 5.41) is 17.1. The molecular formula is C21H37IN4O. The number of piperidine rings is 1. The van der Waals surface area contributed by atoms with Crippen molar-refractivity contribution in [3.63, 3.8) is 0 Å². The first kappa shape index (κ1) is 24.2. The second-order valence-corrected chi connectivity index (χ2v) is 7.68. The normalized spacial score (nSPS) is 17.4. The van der Waals surface area contributed by atoms with Crippen LogP contribution in [0.15, 0.2) is 35.3 Å². The SMILES string of the molecule is CCNC(=NCC(O)Cc1ccccc1)NC1CCN(CC(C)C)CC1.I. The largest absolute Gasteiger partial charge is 0.391 e. The van der Waals surface area contributed by atoms with Crippen molar-refractivity contribution in [2.24, 2.45) is 10.9 Å². The number of likely N-dealkylation sites (tertiary alicyclic amines) is 1. The van der Waals surface area contributed by atoms with Gasteiger partial charge in [-0.05, 0) is 31.2 Å². The van der Waals surface area contributed by atoms with Gasteiger partial charge in [0.05, 0.1) is 12.6 Å². The van der Waals surface area contributed by atoms with Gasteiger partial charge in [-0.2, -0.15) is 0 Å². The Morgan fingerprint density at radius 3 is 2.48 bits per heavy atom. The van der Waals surface area contributed by atoms with Crippen molar-refractivity contribution in [1.82, 2.24) is 15.5 Å². The number of hydrogen-bond acceptors (Lipinski definition) is 3. The van der Waals surface area contributed by atoms with E-state index in [4.69, 9.17) is 0 Å². The lowest BCUT2D eigenvalue weighted by atomic mass is 10.0. The van der Waals surface area contributed by atoms with E-state index < -0.39 is 6.10 Å². The number of nitrogens with zero attached hydrogens (tertiary/aromatic N) is 2. The summed E-state index contributed by atoms with van der Waals surface area (Å²) in [6.07, 6.45) is 2.46. The number of halogens is 1. The van der Waals surface area contributed by atoms with Crippen LogP contribution in [0.1, 0.15) is 39.2 Å². The highest BCUT2D eigenvalue weighted by molar-refractivity contribution is 14.0. The molecule has 1 atom stereocenters. The van der Waals surface area contributed by atoms with E-state index in [9.17, 15) is 5.11 Å². The fraction of sp³-hybridized carbons (Fsp3) is 0.667. The summed E-state index contributed by atoms with van der Waals surface area (Å²) in [6, 6.07) is 10.5. The number of aliphatic imine (C=N–C) groups is 1. The first-order chi connectivity index (χ1) is 12.6. The highest BCUT2D eigenvalue weighted by Crippen LogP contribution is 2.12. The molecule has 1 aromatic rings. The molecule has 0 radical (unpaired) electrons. The highest BCUT2D eigenvalue weighted by Gasteiger charge is 2.20. The van der Waals surface area contributed by atoms with Crippen molar-refractivity contribution >= 4 is 29.9 Å². The molecule has 6 heteroatoms. The smallest absolute Gasteiger partial charge is 0.191 e. The van der Waals surface area contributed by atoms with E-state index in [1.165, 1.54) is 6.54 Å². The first-order valence-electron chi connectivity index (χ1n) is 10.1. The number of aliphatic hydroxyl groups excluding tert-OH is 1. The van der Waals surface area contributed by atoms with E-state index in [1.54, 1.807) is 0 Å². The van der Waals surface area contributed by atoms with Crippen molar-refractivity contribution in [2.75, 3.05) is 32.7 Å². The molecular weight excluding hydrogens is 451 g/mol.